The highest BCUT2D eigenvalue weighted by atomic mass is 19.1. The Morgan fingerprint density at radius 2 is 1.87 bits per heavy atom. The molecule has 152 valence electrons. The lowest BCUT2D eigenvalue weighted by molar-refractivity contribution is 0.0697. The van der Waals surface area contributed by atoms with E-state index in [9.17, 15) is 28.7 Å². The Balaban J connectivity index is 2.09. The molecule has 30 heavy (non-hydrogen) atoms. The van der Waals surface area contributed by atoms with Crippen molar-refractivity contribution < 1.29 is 23.5 Å². The number of carbonyl (C=O) groups excluding carboxylic acids is 1. The Kier molecular flexibility index (Phi) is 5.83. The molecule has 3 aromatic rings. The number of carboxylic acids is 1. The van der Waals surface area contributed by atoms with Gasteiger partial charge in [-0.1, -0.05) is 24.3 Å². The molecule has 3 rings (SSSR count). The molecule has 0 bridgehead atoms. The number of aromatic carboxylic acids is 1. The van der Waals surface area contributed by atoms with E-state index in [1.165, 1.54) is 29.2 Å². The van der Waals surface area contributed by atoms with Crippen molar-refractivity contribution in [3.8, 4) is 17.3 Å². The third kappa shape index (κ3) is 3.73. The number of benzene rings is 2. The summed E-state index contributed by atoms with van der Waals surface area (Å²) in [5, 5.41) is 26.0. The van der Waals surface area contributed by atoms with Crippen LogP contribution in [-0.2, 0) is 0 Å². The average molecular weight is 411 g/mol. The van der Waals surface area contributed by atoms with Gasteiger partial charge in [-0.25, -0.2) is 18.4 Å². The van der Waals surface area contributed by atoms with E-state index >= 15 is 0 Å². The van der Waals surface area contributed by atoms with Crippen molar-refractivity contribution in [2.24, 2.45) is 0 Å². The first-order valence-electron chi connectivity index (χ1n) is 8.84. The molecule has 10 heteroatoms. The molecule has 2 aromatic carbocycles. The van der Waals surface area contributed by atoms with Gasteiger partial charge in [0.2, 0.25) is 0 Å². The van der Waals surface area contributed by atoms with Crippen LogP contribution in [0.15, 0.2) is 42.5 Å². The van der Waals surface area contributed by atoms with Gasteiger partial charge < -0.3 is 5.11 Å². The van der Waals surface area contributed by atoms with E-state index in [-0.39, 0.29) is 17.8 Å². The summed E-state index contributed by atoms with van der Waals surface area (Å²) in [5.41, 5.74) is -1.19. The van der Waals surface area contributed by atoms with Gasteiger partial charge in [-0.2, -0.15) is 5.26 Å². The van der Waals surface area contributed by atoms with Gasteiger partial charge in [-0.05, 0) is 36.8 Å². The zero-order valence-electron chi connectivity index (χ0n) is 15.7. The van der Waals surface area contributed by atoms with Crippen LogP contribution in [0, 0.1) is 23.0 Å². The molecule has 0 spiro atoms. The van der Waals surface area contributed by atoms with E-state index in [1.54, 1.807) is 13.0 Å². The molecule has 0 atom stereocenters. The number of hydrogen-bond donors (Lipinski definition) is 1. The second-order valence-electron chi connectivity index (χ2n) is 6.20. The SMILES string of the molecule is CCCN(C(=O)n1nnc(-c2c(F)cccc2F)c1C#N)c1cccc(C(=O)O)c1. The lowest BCUT2D eigenvalue weighted by Gasteiger charge is -2.22. The maximum absolute atomic E-state index is 14.1. The van der Waals surface area contributed by atoms with Crippen molar-refractivity contribution in [2.75, 3.05) is 11.4 Å². The molecule has 0 aliphatic carbocycles. The van der Waals surface area contributed by atoms with E-state index in [4.69, 9.17) is 0 Å². The van der Waals surface area contributed by atoms with E-state index < -0.39 is 40.6 Å². The topological polar surface area (TPSA) is 112 Å². The molecule has 1 heterocycles. The number of aromatic nitrogens is 3. The summed E-state index contributed by atoms with van der Waals surface area (Å²) in [4.78, 5) is 25.6. The molecule has 0 fully saturated rings. The van der Waals surface area contributed by atoms with Gasteiger partial charge in [0.1, 0.15) is 23.4 Å². The lowest BCUT2D eigenvalue weighted by Crippen LogP contribution is -2.36. The third-order valence-electron chi connectivity index (χ3n) is 4.24. The molecular formula is C20H15F2N5O3. The average Bonchev–Trinajstić information content (AvgIpc) is 3.15. The van der Waals surface area contributed by atoms with Gasteiger partial charge in [0, 0.05) is 12.2 Å². The molecular weight excluding hydrogens is 396 g/mol. The molecule has 1 aromatic heterocycles. The smallest absolute Gasteiger partial charge is 0.351 e. The summed E-state index contributed by atoms with van der Waals surface area (Å²) in [6, 6.07) is 9.74. The fourth-order valence-electron chi connectivity index (χ4n) is 2.89. The van der Waals surface area contributed by atoms with Gasteiger partial charge in [-0.3, -0.25) is 4.90 Å². The summed E-state index contributed by atoms with van der Waals surface area (Å²) in [7, 11) is 0. The maximum Gasteiger partial charge on any atom is 0.351 e. The fourth-order valence-corrected chi connectivity index (χ4v) is 2.89. The predicted molar refractivity (Wildman–Crippen MR) is 102 cm³/mol. The van der Waals surface area contributed by atoms with Gasteiger partial charge in [0.05, 0.1) is 11.1 Å². The van der Waals surface area contributed by atoms with Crippen LogP contribution >= 0.6 is 0 Å². The first kappa shape index (κ1) is 20.6. The minimum Gasteiger partial charge on any atom is -0.478 e. The van der Waals surface area contributed by atoms with Crippen LogP contribution in [-0.4, -0.2) is 38.6 Å². The van der Waals surface area contributed by atoms with Crippen LogP contribution in [0.25, 0.3) is 11.3 Å². The van der Waals surface area contributed by atoms with Crippen LogP contribution in [0.3, 0.4) is 0 Å². The highest BCUT2D eigenvalue weighted by Crippen LogP contribution is 2.27. The second-order valence-corrected chi connectivity index (χ2v) is 6.20. The lowest BCUT2D eigenvalue weighted by atomic mass is 10.1. The standard InChI is InChI=1S/C20H15F2N5O3/c1-2-9-26(13-6-3-5-12(10-13)19(28)29)20(30)27-16(11-23)18(24-25-27)17-14(21)7-4-8-15(17)22/h3-8,10H,2,9H2,1H3,(H,28,29). The molecule has 0 unspecified atom stereocenters. The van der Waals surface area contributed by atoms with Crippen molar-refractivity contribution in [1.82, 2.24) is 15.0 Å². The Hall–Kier alpha value is -4.13. The minimum absolute atomic E-state index is 0.0328. The van der Waals surface area contributed by atoms with E-state index in [0.717, 1.165) is 18.2 Å². The number of halogens is 2. The second kappa shape index (κ2) is 8.48. The third-order valence-corrected chi connectivity index (χ3v) is 4.24. The number of nitriles is 1. The first-order chi connectivity index (χ1) is 14.4. The summed E-state index contributed by atoms with van der Waals surface area (Å²) in [5.74, 6) is -3.08. The Bertz CT molecular complexity index is 1150. The normalized spacial score (nSPS) is 10.5. The summed E-state index contributed by atoms with van der Waals surface area (Å²) < 4.78 is 28.9. The van der Waals surface area contributed by atoms with Crippen LogP contribution < -0.4 is 4.90 Å². The number of rotatable bonds is 5. The highest BCUT2D eigenvalue weighted by molar-refractivity contribution is 5.96. The minimum atomic E-state index is -1.17. The van der Waals surface area contributed by atoms with Gasteiger partial charge >= 0.3 is 12.0 Å². The Labute approximate surface area is 169 Å². The number of anilines is 1. The maximum atomic E-state index is 14.1. The number of carboxylic acid groups (broad SMARTS) is 1. The van der Waals surface area contributed by atoms with Gasteiger partial charge in [0.25, 0.3) is 0 Å². The Morgan fingerprint density at radius 3 is 2.47 bits per heavy atom. The molecule has 1 amide bonds. The number of carbonyl (C=O) groups is 2. The van der Waals surface area contributed by atoms with Crippen LogP contribution in [0.2, 0.25) is 0 Å². The number of hydrogen-bond acceptors (Lipinski definition) is 5. The molecule has 0 saturated carbocycles. The van der Waals surface area contributed by atoms with Gasteiger partial charge in [-0.15, -0.1) is 9.78 Å². The summed E-state index contributed by atoms with van der Waals surface area (Å²) in [6.45, 7) is 1.98. The van der Waals surface area contributed by atoms with E-state index in [0.29, 0.717) is 11.1 Å². The molecule has 0 aliphatic heterocycles. The molecule has 0 aliphatic rings. The van der Waals surface area contributed by atoms with E-state index in [1.807, 2.05) is 0 Å². The molecule has 0 saturated heterocycles. The summed E-state index contributed by atoms with van der Waals surface area (Å²) in [6.07, 6.45) is 0.508. The fraction of sp³-hybridized carbons (Fsp3) is 0.150. The molecule has 0 radical (unpaired) electrons. The van der Waals surface area contributed by atoms with Crippen molar-refractivity contribution in [3.05, 3.63) is 65.4 Å². The monoisotopic (exact) mass is 411 g/mol. The largest absolute Gasteiger partial charge is 0.478 e. The zero-order chi connectivity index (χ0) is 21.8. The van der Waals surface area contributed by atoms with Crippen molar-refractivity contribution in [3.63, 3.8) is 0 Å². The number of amides is 1. The first-order valence-corrected chi connectivity index (χ1v) is 8.84. The van der Waals surface area contributed by atoms with Gasteiger partial charge in [0.15, 0.2) is 5.69 Å². The molecule has 8 nitrogen and oxygen atoms in total. The van der Waals surface area contributed by atoms with E-state index in [2.05, 4.69) is 10.3 Å². The van der Waals surface area contributed by atoms with Crippen molar-refractivity contribution >= 4 is 17.7 Å². The van der Waals surface area contributed by atoms with Crippen molar-refractivity contribution in [1.29, 1.82) is 5.26 Å². The van der Waals surface area contributed by atoms with Crippen LogP contribution in [0.1, 0.15) is 29.4 Å². The highest BCUT2D eigenvalue weighted by Gasteiger charge is 2.27. The predicted octanol–water partition coefficient (Wildman–Crippen LogP) is 3.68. The zero-order valence-corrected chi connectivity index (χ0v) is 15.7. The van der Waals surface area contributed by atoms with Crippen molar-refractivity contribution in [2.45, 2.75) is 13.3 Å². The van der Waals surface area contributed by atoms with Crippen LogP contribution in [0.4, 0.5) is 19.3 Å². The Morgan fingerprint density at radius 1 is 1.20 bits per heavy atom. The molecule has 1 N–H and O–H groups in total. The van der Waals surface area contributed by atoms with Crippen LogP contribution in [0.5, 0.6) is 0 Å². The quantitative estimate of drug-likeness (QED) is 0.685. The number of nitrogens with zero attached hydrogens (tertiary/aromatic N) is 5. The summed E-state index contributed by atoms with van der Waals surface area (Å²) >= 11 is 0.